The summed E-state index contributed by atoms with van der Waals surface area (Å²) in [5, 5.41) is 12.9. The lowest BCUT2D eigenvalue weighted by Gasteiger charge is -2.35. The highest BCUT2D eigenvalue weighted by Crippen LogP contribution is 2.23. The number of ether oxygens (including phenoxy) is 1. The number of carboxylic acids is 1. The molecular weight excluding hydrogens is 411 g/mol. The average Bonchev–Trinajstić information content (AvgIpc) is 2.67. The van der Waals surface area contributed by atoms with Crippen molar-refractivity contribution in [2.45, 2.75) is 26.5 Å². The SMILES string of the molecule is CC(C)Oc1ccc(NC2=NCN(CC(=O)O)CN2Cc2ccc(Cl)cc2)cc1F. The number of nitrogens with zero attached hydrogens (tertiary/aromatic N) is 3. The summed E-state index contributed by atoms with van der Waals surface area (Å²) >= 11 is 5.96. The quantitative estimate of drug-likeness (QED) is 0.689. The summed E-state index contributed by atoms with van der Waals surface area (Å²) in [5.74, 6) is -0.673. The van der Waals surface area contributed by atoms with Gasteiger partial charge in [-0.15, -0.1) is 0 Å². The Morgan fingerprint density at radius 3 is 2.67 bits per heavy atom. The average molecular weight is 435 g/mol. The summed E-state index contributed by atoms with van der Waals surface area (Å²) in [6.45, 7) is 4.61. The van der Waals surface area contributed by atoms with Gasteiger partial charge < -0.3 is 20.1 Å². The van der Waals surface area contributed by atoms with Crippen LogP contribution in [0, 0.1) is 5.82 Å². The second-order valence-corrected chi connectivity index (χ2v) is 7.68. The number of rotatable bonds is 7. The second kappa shape index (κ2) is 9.77. The number of aliphatic carboxylic acids is 1. The fourth-order valence-electron chi connectivity index (χ4n) is 3.02. The number of aliphatic imine (C=N–C) groups is 1. The van der Waals surface area contributed by atoms with Crippen LogP contribution in [0.2, 0.25) is 5.02 Å². The molecule has 0 spiro atoms. The van der Waals surface area contributed by atoms with Crippen molar-refractivity contribution in [3.63, 3.8) is 0 Å². The molecule has 0 amide bonds. The number of carbonyl (C=O) groups is 1. The van der Waals surface area contributed by atoms with Crippen molar-refractivity contribution in [2.24, 2.45) is 4.99 Å². The number of hydrogen-bond donors (Lipinski definition) is 2. The van der Waals surface area contributed by atoms with E-state index in [1.807, 2.05) is 30.9 Å². The van der Waals surface area contributed by atoms with Crippen LogP contribution >= 0.6 is 11.6 Å². The molecule has 0 fully saturated rings. The van der Waals surface area contributed by atoms with Crippen LogP contribution in [-0.2, 0) is 11.3 Å². The Morgan fingerprint density at radius 1 is 1.30 bits per heavy atom. The van der Waals surface area contributed by atoms with Crippen molar-refractivity contribution in [3.8, 4) is 5.75 Å². The summed E-state index contributed by atoms with van der Waals surface area (Å²) in [6.07, 6.45) is -0.129. The number of hydrogen-bond acceptors (Lipinski definition) is 6. The van der Waals surface area contributed by atoms with Crippen LogP contribution in [0.3, 0.4) is 0 Å². The maximum Gasteiger partial charge on any atom is 0.317 e. The summed E-state index contributed by atoms with van der Waals surface area (Å²) in [4.78, 5) is 19.2. The third-order valence-corrected chi connectivity index (χ3v) is 4.54. The summed E-state index contributed by atoms with van der Waals surface area (Å²) in [5.41, 5.74) is 1.51. The van der Waals surface area contributed by atoms with E-state index in [-0.39, 0.29) is 25.1 Å². The zero-order chi connectivity index (χ0) is 21.7. The Balaban J connectivity index is 1.78. The molecule has 0 saturated carbocycles. The Kier molecular flexibility index (Phi) is 7.12. The van der Waals surface area contributed by atoms with E-state index >= 15 is 0 Å². The number of nitrogens with one attached hydrogen (secondary N) is 1. The standard InChI is InChI=1S/C21H24ClFN4O3/c1-14(2)30-19-8-7-17(9-18(19)23)25-21-24-12-26(11-20(28)29)13-27(21)10-15-3-5-16(22)6-4-15/h3-9,14H,10-13H2,1-2H3,(H,24,25)(H,28,29). The molecule has 0 bridgehead atoms. The van der Waals surface area contributed by atoms with Crippen LogP contribution in [0.15, 0.2) is 47.5 Å². The molecule has 7 nitrogen and oxygen atoms in total. The highest BCUT2D eigenvalue weighted by Gasteiger charge is 2.23. The van der Waals surface area contributed by atoms with E-state index in [1.165, 1.54) is 6.07 Å². The van der Waals surface area contributed by atoms with Crippen molar-refractivity contribution in [2.75, 3.05) is 25.2 Å². The molecule has 3 rings (SSSR count). The van der Waals surface area contributed by atoms with Crippen molar-refractivity contribution < 1.29 is 19.0 Å². The Hall–Kier alpha value is -2.84. The maximum atomic E-state index is 14.3. The number of anilines is 1. The molecular formula is C21H24ClFN4O3. The van der Waals surface area contributed by atoms with Gasteiger partial charge in [0.25, 0.3) is 0 Å². The molecule has 2 aromatic rings. The molecule has 160 valence electrons. The molecule has 30 heavy (non-hydrogen) atoms. The third-order valence-electron chi connectivity index (χ3n) is 4.29. The van der Waals surface area contributed by atoms with Gasteiger partial charge in [0, 0.05) is 23.3 Å². The van der Waals surface area contributed by atoms with E-state index in [0.717, 1.165) is 5.56 Å². The predicted molar refractivity (Wildman–Crippen MR) is 114 cm³/mol. The second-order valence-electron chi connectivity index (χ2n) is 7.25. The molecule has 1 aliphatic heterocycles. The summed E-state index contributed by atoms with van der Waals surface area (Å²) in [7, 11) is 0. The van der Waals surface area contributed by atoms with Gasteiger partial charge in [-0.25, -0.2) is 9.38 Å². The van der Waals surface area contributed by atoms with E-state index in [2.05, 4.69) is 10.3 Å². The largest absolute Gasteiger partial charge is 0.488 e. The number of benzene rings is 2. The monoisotopic (exact) mass is 434 g/mol. The highest BCUT2D eigenvalue weighted by molar-refractivity contribution is 6.30. The van der Waals surface area contributed by atoms with Gasteiger partial charge in [-0.1, -0.05) is 23.7 Å². The van der Waals surface area contributed by atoms with E-state index in [0.29, 0.717) is 29.9 Å². The first-order chi connectivity index (χ1) is 14.3. The van der Waals surface area contributed by atoms with Gasteiger partial charge in [-0.05, 0) is 43.7 Å². The first-order valence-corrected chi connectivity index (χ1v) is 9.89. The van der Waals surface area contributed by atoms with E-state index in [4.69, 9.17) is 21.4 Å². The predicted octanol–water partition coefficient (Wildman–Crippen LogP) is 3.85. The van der Waals surface area contributed by atoms with Crippen molar-refractivity contribution in [3.05, 3.63) is 58.9 Å². The fraction of sp³-hybridized carbons (Fsp3) is 0.333. The Bertz CT molecular complexity index is 921. The Labute approximate surface area is 179 Å². The molecule has 2 aromatic carbocycles. The molecule has 1 heterocycles. The van der Waals surface area contributed by atoms with Gasteiger partial charge in [0.15, 0.2) is 11.6 Å². The Morgan fingerprint density at radius 2 is 2.03 bits per heavy atom. The third kappa shape index (κ3) is 6.08. The first kappa shape index (κ1) is 21.9. The van der Waals surface area contributed by atoms with E-state index < -0.39 is 11.8 Å². The van der Waals surface area contributed by atoms with Crippen molar-refractivity contribution in [1.82, 2.24) is 9.80 Å². The van der Waals surface area contributed by atoms with Gasteiger partial charge in [0.2, 0.25) is 5.96 Å². The summed E-state index contributed by atoms with van der Waals surface area (Å²) in [6, 6.07) is 12.0. The van der Waals surface area contributed by atoms with Gasteiger partial charge in [-0.3, -0.25) is 9.69 Å². The molecule has 0 unspecified atom stereocenters. The topological polar surface area (TPSA) is 77.4 Å². The normalized spacial score (nSPS) is 14.6. The van der Waals surface area contributed by atoms with Gasteiger partial charge in [0.1, 0.15) is 0 Å². The van der Waals surface area contributed by atoms with Crippen LogP contribution in [0.1, 0.15) is 19.4 Å². The maximum absolute atomic E-state index is 14.3. The van der Waals surface area contributed by atoms with Crippen LogP contribution in [0.25, 0.3) is 0 Å². The zero-order valence-electron chi connectivity index (χ0n) is 16.8. The van der Waals surface area contributed by atoms with Crippen molar-refractivity contribution >= 4 is 29.2 Å². The molecule has 0 aromatic heterocycles. The van der Waals surface area contributed by atoms with E-state index in [9.17, 15) is 9.18 Å². The lowest BCUT2D eigenvalue weighted by atomic mass is 10.2. The zero-order valence-corrected chi connectivity index (χ0v) is 17.6. The van der Waals surface area contributed by atoms with Crippen LogP contribution < -0.4 is 10.1 Å². The van der Waals surface area contributed by atoms with Gasteiger partial charge in [-0.2, -0.15) is 0 Å². The molecule has 9 heteroatoms. The molecule has 0 radical (unpaired) electrons. The molecule has 0 aliphatic carbocycles. The smallest absolute Gasteiger partial charge is 0.317 e. The summed E-state index contributed by atoms with van der Waals surface area (Å²) < 4.78 is 19.8. The number of carboxylic acid groups (broad SMARTS) is 1. The first-order valence-electron chi connectivity index (χ1n) is 9.51. The highest BCUT2D eigenvalue weighted by atomic mass is 35.5. The van der Waals surface area contributed by atoms with Gasteiger partial charge in [0.05, 0.1) is 26.0 Å². The molecule has 0 atom stereocenters. The fourth-order valence-corrected chi connectivity index (χ4v) is 3.15. The van der Waals surface area contributed by atoms with Crippen LogP contribution in [0.5, 0.6) is 5.75 Å². The lowest BCUT2D eigenvalue weighted by molar-refractivity contribution is -0.138. The van der Waals surface area contributed by atoms with Gasteiger partial charge >= 0.3 is 5.97 Å². The molecule has 1 aliphatic rings. The molecule has 0 saturated heterocycles. The lowest BCUT2D eigenvalue weighted by Crippen LogP contribution is -2.49. The number of guanidine groups is 1. The number of halogens is 2. The van der Waals surface area contributed by atoms with Crippen LogP contribution in [-0.4, -0.2) is 52.8 Å². The minimum atomic E-state index is -0.920. The minimum absolute atomic E-state index is 0.121. The van der Waals surface area contributed by atoms with E-state index in [1.54, 1.807) is 29.2 Å². The van der Waals surface area contributed by atoms with Crippen molar-refractivity contribution in [1.29, 1.82) is 0 Å². The minimum Gasteiger partial charge on any atom is -0.488 e. The molecule has 2 N–H and O–H groups in total. The van der Waals surface area contributed by atoms with Crippen LogP contribution in [0.4, 0.5) is 10.1 Å².